The maximum atomic E-state index is 11.8. The summed E-state index contributed by atoms with van der Waals surface area (Å²) in [6, 6.07) is 7.83. The van der Waals surface area contributed by atoms with Gasteiger partial charge in [0.25, 0.3) is 0 Å². The Kier molecular flexibility index (Phi) is 4.99. The number of Topliss-reactive ketones (excluding diaryl/α,β-unsaturated/α-hetero) is 1. The van der Waals surface area contributed by atoms with Crippen LogP contribution in [-0.4, -0.2) is 12.3 Å². The Morgan fingerprint density at radius 3 is 2.47 bits per heavy atom. The van der Waals surface area contributed by atoms with Gasteiger partial charge < -0.3 is 5.73 Å². The molecule has 0 aliphatic heterocycles. The molecule has 0 fully saturated rings. The van der Waals surface area contributed by atoms with Crippen LogP contribution in [0, 0.1) is 5.92 Å². The van der Waals surface area contributed by atoms with Crippen LogP contribution in [0.2, 0.25) is 0 Å². The predicted octanol–water partition coefficient (Wildman–Crippen LogP) is 2.55. The summed E-state index contributed by atoms with van der Waals surface area (Å²) in [4.78, 5) is 11.8. The van der Waals surface area contributed by atoms with E-state index in [0.717, 1.165) is 16.5 Å². The average molecular weight is 270 g/mol. The number of ketones is 1. The molecule has 1 aromatic rings. The van der Waals surface area contributed by atoms with Gasteiger partial charge in [-0.1, -0.05) is 35.0 Å². The number of carbonyl (C=O) groups excluding carboxylic acids is 1. The smallest absolute Gasteiger partial charge is 0.141 e. The topological polar surface area (TPSA) is 43.1 Å². The van der Waals surface area contributed by atoms with E-state index in [9.17, 15) is 4.79 Å². The van der Waals surface area contributed by atoms with Crippen molar-refractivity contribution in [2.24, 2.45) is 11.7 Å². The van der Waals surface area contributed by atoms with Crippen molar-refractivity contribution < 1.29 is 4.79 Å². The molecule has 0 heterocycles. The summed E-state index contributed by atoms with van der Waals surface area (Å²) in [7, 11) is 0. The average Bonchev–Trinajstić information content (AvgIpc) is 2.23. The van der Waals surface area contributed by atoms with Crippen molar-refractivity contribution >= 4 is 21.7 Å². The van der Waals surface area contributed by atoms with E-state index in [4.69, 9.17) is 5.73 Å². The molecule has 0 aliphatic rings. The molecule has 0 spiro atoms. The summed E-state index contributed by atoms with van der Waals surface area (Å²) in [6.07, 6.45) is 1.31. The van der Waals surface area contributed by atoms with Crippen molar-refractivity contribution in [1.29, 1.82) is 0 Å². The Morgan fingerprint density at radius 2 is 2.00 bits per heavy atom. The zero-order valence-electron chi connectivity index (χ0n) is 8.87. The Balaban J connectivity index is 2.61. The highest BCUT2D eigenvalue weighted by Gasteiger charge is 2.14. The van der Waals surface area contributed by atoms with Crippen LogP contribution in [0.15, 0.2) is 28.7 Å². The fourth-order valence-corrected chi connectivity index (χ4v) is 1.74. The van der Waals surface area contributed by atoms with Gasteiger partial charge in [0.1, 0.15) is 5.78 Å². The SMILES string of the molecule is CCC(CN)C(=O)Cc1ccc(Br)cc1. The molecule has 0 aromatic heterocycles. The summed E-state index contributed by atoms with van der Waals surface area (Å²) in [6.45, 7) is 2.45. The second-order valence-electron chi connectivity index (χ2n) is 3.61. The molecule has 3 heteroatoms. The van der Waals surface area contributed by atoms with Crippen molar-refractivity contribution in [1.82, 2.24) is 0 Å². The second kappa shape index (κ2) is 6.03. The molecular formula is C12H16BrNO. The fourth-order valence-electron chi connectivity index (χ4n) is 1.47. The molecule has 1 unspecified atom stereocenters. The Bertz CT molecular complexity index is 317. The van der Waals surface area contributed by atoms with Crippen LogP contribution < -0.4 is 5.73 Å². The molecule has 1 rings (SSSR count). The minimum Gasteiger partial charge on any atom is -0.330 e. The van der Waals surface area contributed by atoms with Gasteiger partial charge in [0.15, 0.2) is 0 Å². The van der Waals surface area contributed by atoms with Gasteiger partial charge in [0, 0.05) is 23.4 Å². The highest BCUT2D eigenvalue weighted by Crippen LogP contribution is 2.13. The summed E-state index contributed by atoms with van der Waals surface area (Å²) < 4.78 is 1.03. The van der Waals surface area contributed by atoms with Crippen molar-refractivity contribution in [2.75, 3.05) is 6.54 Å². The van der Waals surface area contributed by atoms with E-state index in [-0.39, 0.29) is 11.7 Å². The van der Waals surface area contributed by atoms with E-state index >= 15 is 0 Å². The third-order valence-corrected chi connectivity index (χ3v) is 3.05. The lowest BCUT2D eigenvalue weighted by Gasteiger charge is -2.10. The number of halogens is 1. The van der Waals surface area contributed by atoms with Gasteiger partial charge >= 0.3 is 0 Å². The van der Waals surface area contributed by atoms with Crippen molar-refractivity contribution in [3.05, 3.63) is 34.3 Å². The lowest BCUT2D eigenvalue weighted by atomic mass is 9.96. The largest absolute Gasteiger partial charge is 0.330 e. The number of hydrogen-bond acceptors (Lipinski definition) is 2. The lowest BCUT2D eigenvalue weighted by Crippen LogP contribution is -2.24. The Hall–Kier alpha value is -0.670. The van der Waals surface area contributed by atoms with Gasteiger partial charge in [0.05, 0.1) is 0 Å². The monoisotopic (exact) mass is 269 g/mol. The maximum Gasteiger partial charge on any atom is 0.141 e. The van der Waals surface area contributed by atoms with Crippen LogP contribution in [0.1, 0.15) is 18.9 Å². The quantitative estimate of drug-likeness (QED) is 0.893. The number of nitrogens with two attached hydrogens (primary N) is 1. The van der Waals surface area contributed by atoms with Gasteiger partial charge in [-0.25, -0.2) is 0 Å². The standard InChI is InChI=1S/C12H16BrNO/c1-2-10(8-14)12(15)7-9-3-5-11(13)6-4-9/h3-6,10H,2,7-8,14H2,1H3. The van der Waals surface area contributed by atoms with Crippen LogP contribution in [0.4, 0.5) is 0 Å². The third-order valence-electron chi connectivity index (χ3n) is 2.52. The van der Waals surface area contributed by atoms with Crippen molar-refractivity contribution in [3.8, 4) is 0 Å². The van der Waals surface area contributed by atoms with Gasteiger partial charge in [-0.2, -0.15) is 0 Å². The van der Waals surface area contributed by atoms with Crippen molar-refractivity contribution in [3.63, 3.8) is 0 Å². The van der Waals surface area contributed by atoms with Crippen LogP contribution in [0.3, 0.4) is 0 Å². The minimum absolute atomic E-state index is 0.00801. The summed E-state index contributed by atoms with van der Waals surface area (Å²) >= 11 is 3.36. The van der Waals surface area contributed by atoms with E-state index in [2.05, 4.69) is 15.9 Å². The van der Waals surface area contributed by atoms with Gasteiger partial charge in [-0.15, -0.1) is 0 Å². The number of carbonyl (C=O) groups is 1. The van der Waals surface area contributed by atoms with Crippen molar-refractivity contribution in [2.45, 2.75) is 19.8 Å². The van der Waals surface area contributed by atoms with Crippen LogP contribution in [0.25, 0.3) is 0 Å². The van der Waals surface area contributed by atoms with Gasteiger partial charge in [0.2, 0.25) is 0 Å². The lowest BCUT2D eigenvalue weighted by molar-refractivity contribution is -0.122. The summed E-state index contributed by atoms with van der Waals surface area (Å²) in [5.41, 5.74) is 6.58. The molecule has 0 bridgehead atoms. The zero-order valence-corrected chi connectivity index (χ0v) is 10.5. The summed E-state index contributed by atoms with van der Waals surface area (Å²) in [5.74, 6) is 0.246. The first-order valence-electron chi connectivity index (χ1n) is 5.14. The second-order valence-corrected chi connectivity index (χ2v) is 4.53. The first kappa shape index (κ1) is 12.4. The molecule has 2 nitrogen and oxygen atoms in total. The molecular weight excluding hydrogens is 254 g/mol. The van der Waals surface area contributed by atoms with E-state index < -0.39 is 0 Å². The van der Waals surface area contributed by atoms with Gasteiger partial charge in [-0.05, 0) is 24.1 Å². The Morgan fingerprint density at radius 1 is 1.40 bits per heavy atom. The predicted molar refractivity (Wildman–Crippen MR) is 65.7 cm³/mol. The maximum absolute atomic E-state index is 11.8. The first-order chi connectivity index (χ1) is 7.17. The molecule has 0 saturated carbocycles. The minimum atomic E-state index is 0.00801. The van der Waals surface area contributed by atoms with E-state index in [1.165, 1.54) is 0 Å². The van der Waals surface area contributed by atoms with E-state index in [0.29, 0.717) is 13.0 Å². The fraction of sp³-hybridized carbons (Fsp3) is 0.417. The third kappa shape index (κ3) is 3.76. The molecule has 0 aliphatic carbocycles. The summed E-state index contributed by atoms with van der Waals surface area (Å²) in [5, 5.41) is 0. The van der Waals surface area contributed by atoms with Crippen LogP contribution in [0.5, 0.6) is 0 Å². The molecule has 0 saturated heterocycles. The molecule has 0 radical (unpaired) electrons. The first-order valence-corrected chi connectivity index (χ1v) is 5.94. The number of hydrogen-bond donors (Lipinski definition) is 1. The highest BCUT2D eigenvalue weighted by atomic mass is 79.9. The van der Waals surface area contributed by atoms with Crippen LogP contribution in [-0.2, 0) is 11.2 Å². The highest BCUT2D eigenvalue weighted by molar-refractivity contribution is 9.10. The molecule has 0 amide bonds. The van der Waals surface area contributed by atoms with E-state index in [1.807, 2.05) is 31.2 Å². The van der Waals surface area contributed by atoms with E-state index in [1.54, 1.807) is 0 Å². The van der Waals surface area contributed by atoms with Gasteiger partial charge in [-0.3, -0.25) is 4.79 Å². The molecule has 1 aromatic carbocycles. The molecule has 15 heavy (non-hydrogen) atoms. The normalized spacial score (nSPS) is 12.5. The Labute approximate surface area is 99.0 Å². The number of rotatable bonds is 5. The number of benzene rings is 1. The molecule has 2 N–H and O–H groups in total. The van der Waals surface area contributed by atoms with Crippen LogP contribution >= 0.6 is 15.9 Å². The molecule has 1 atom stereocenters. The zero-order chi connectivity index (χ0) is 11.3. The molecule has 82 valence electrons.